The van der Waals surface area contributed by atoms with Crippen molar-refractivity contribution in [3.63, 3.8) is 0 Å². The zero-order valence-corrected chi connectivity index (χ0v) is 11.3. The predicted octanol–water partition coefficient (Wildman–Crippen LogP) is 4.24. The van der Waals surface area contributed by atoms with Crippen molar-refractivity contribution in [1.29, 1.82) is 0 Å². The van der Waals surface area contributed by atoms with Gasteiger partial charge in [0.2, 0.25) is 0 Å². The molecule has 0 bridgehead atoms. The first-order valence-electron chi connectivity index (χ1n) is 3.85. The third-order valence-corrected chi connectivity index (χ3v) is 4.99. The Hall–Kier alpha value is 0.360. The molecule has 1 rings (SSSR count). The van der Waals surface area contributed by atoms with Crippen molar-refractivity contribution in [2.75, 3.05) is 0 Å². The molecule has 0 aliphatic heterocycles. The maximum atomic E-state index is 5.99. The van der Waals surface area contributed by atoms with E-state index in [4.69, 9.17) is 5.73 Å². The van der Waals surface area contributed by atoms with Crippen molar-refractivity contribution in [3.05, 3.63) is 31.4 Å². The van der Waals surface area contributed by atoms with Crippen LogP contribution in [0.2, 0.25) is 0 Å². The van der Waals surface area contributed by atoms with E-state index in [1.807, 2.05) is 6.92 Å². The first kappa shape index (κ1) is 11.4. The van der Waals surface area contributed by atoms with Crippen LogP contribution in [-0.2, 0) is 0 Å². The molecule has 1 aromatic heterocycles. The Morgan fingerprint density at radius 3 is 2.69 bits per heavy atom. The first-order valence-corrected chi connectivity index (χ1v) is 6.25. The molecule has 0 aliphatic carbocycles. The Kier molecular flexibility index (Phi) is 4.16. The van der Waals surface area contributed by atoms with Gasteiger partial charge in [0.15, 0.2) is 0 Å². The summed E-state index contributed by atoms with van der Waals surface area (Å²) in [6, 6.07) is 2.13. The Morgan fingerprint density at radius 1 is 1.69 bits per heavy atom. The lowest BCUT2D eigenvalue weighted by molar-refractivity contribution is 0.731. The molecule has 1 aromatic rings. The molecule has 0 saturated heterocycles. The van der Waals surface area contributed by atoms with E-state index in [2.05, 4.69) is 44.5 Å². The lowest BCUT2D eigenvalue weighted by Crippen LogP contribution is -2.08. The normalized spacial score (nSPS) is 12.9. The van der Waals surface area contributed by atoms with E-state index in [-0.39, 0.29) is 6.04 Å². The summed E-state index contributed by atoms with van der Waals surface area (Å²) >= 11 is 8.55. The van der Waals surface area contributed by atoms with Crippen LogP contribution in [-0.4, -0.2) is 0 Å². The molecule has 1 atom stereocenters. The van der Waals surface area contributed by atoms with Crippen molar-refractivity contribution < 1.29 is 0 Å². The van der Waals surface area contributed by atoms with E-state index in [0.29, 0.717) is 0 Å². The second-order valence-corrected chi connectivity index (χ2v) is 6.29. The average molecular weight is 325 g/mol. The highest BCUT2D eigenvalue weighted by atomic mass is 79.9. The molecule has 13 heavy (non-hydrogen) atoms. The number of hydrogen-bond acceptors (Lipinski definition) is 2. The van der Waals surface area contributed by atoms with Crippen LogP contribution in [0.25, 0.3) is 0 Å². The fraction of sp³-hybridized carbons (Fsp3) is 0.333. The van der Waals surface area contributed by atoms with Gasteiger partial charge in [0.05, 0.1) is 3.79 Å². The van der Waals surface area contributed by atoms with E-state index in [1.54, 1.807) is 11.3 Å². The summed E-state index contributed by atoms with van der Waals surface area (Å²) in [5, 5.41) is 0. The summed E-state index contributed by atoms with van der Waals surface area (Å²) in [6.45, 7) is 5.85. The summed E-state index contributed by atoms with van der Waals surface area (Å²) in [4.78, 5) is 1.18. The first-order chi connectivity index (χ1) is 6.00. The zero-order valence-electron chi connectivity index (χ0n) is 7.31. The van der Waals surface area contributed by atoms with Crippen molar-refractivity contribution in [1.82, 2.24) is 0 Å². The summed E-state index contributed by atoms with van der Waals surface area (Å²) < 4.78 is 2.17. The monoisotopic (exact) mass is 323 g/mol. The molecule has 0 saturated carbocycles. The number of rotatable bonds is 3. The minimum Gasteiger partial charge on any atom is -0.323 e. The summed E-state index contributed by atoms with van der Waals surface area (Å²) in [5.41, 5.74) is 7.10. The summed E-state index contributed by atoms with van der Waals surface area (Å²) in [5.74, 6) is 0. The third kappa shape index (κ3) is 3.20. The number of nitrogens with two attached hydrogens (primary N) is 1. The Bertz CT molecular complexity index is 300. The molecule has 1 heterocycles. The smallest absolute Gasteiger partial charge is 0.0843 e. The molecular formula is C9H11Br2NS. The highest BCUT2D eigenvalue weighted by Crippen LogP contribution is 2.36. The van der Waals surface area contributed by atoms with Gasteiger partial charge < -0.3 is 5.73 Å². The summed E-state index contributed by atoms with van der Waals surface area (Å²) in [6.07, 6.45) is 0.847. The maximum absolute atomic E-state index is 5.99. The van der Waals surface area contributed by atoms with E-state index in [0.717, 1.165) is 20.3 Å². The molecule has 0 aliphatic rings. The standard InChI is InChI=1S/C9H11Br2NS/c1-5(2)3-7(12)8-4-6(10)9(11)13-8/h4,7H,1,3,12H2,2H3. The fourth-order valence-electron chi connectivity index (χ4n) is 1.02. The topological polar surface area (TPSA) is 26.0 Å². The zero-order chi connectivity index (χ0) is 10.0. The van der Waals surface area contributed by atoms with E-state index in [9.17, 15) is 0 Å². The fourth-order valence-corrected chi connectivity index (χ4v) is 3.11. The SMILES string of the molecule is C=C(C)CC(N)c1cc(Br)c(Br)s1. The number of halogens is 2. The Morgan fingerprint density at radius 2 is 2.31 bits per heavy atom. The van der Waals surface area contributed by atoms with E-state index < -0.39 is 0 Å². The molecule has 4 heteroatoms. The number of thiophene rings is 1. The Labute approximate surface area is 99.3 Å². The summed E-state index contributed by atoms with van der Waals surface area (Å²) in [7, 11) is 0. The molecule has 72 valence electrons. The van der Waals surface area contributed by atoms with Gasteiger partial charge in [-0.3, -0.25) is 0 Å². The van der Waals surface area contributed by atoms with Crippen LogP contribution in [0.4, 0.5) is 0 Å². The van der Waals surface area contributed by atoms with Crippen molar-refractivity contribution in [3.8, 4) is 0 Å². The molecule has 0 amide bonds. The maximum Gasteiger partial charge on any atom is 0.0843 e. The predicted molar refractivity (Wildman–Crippen MR) is 66.1 cm³/mol. The van der Waals surface area contributed by atoms with Crippen LogP contribution in [0.15, 0.2) is 26.5 Å². The molecule has 0 spiro atoms. The highest BCUT2D eigenvalue weighted by molar-refractivity contribution is 9.13. The largest absolute Gasteiger partial charge is 0.323 e. The van der Waals surface area contributed by atoms with Gasteiger partial charge in [-0.25, -0.2) is 0 Å². The van der Waals surface area contributed by atoms with Gasteiger partial charge in [-0.2, -0.15) is 0 Å². The van der Waals surface area contributed by atoms with Gasteiger partial charge in [-0.1, -0.05) is 5.57 Å². The van der Waals surface area contributed by atoms with Crippen LogP contribution < -0.4 is 5.73 Å². The van der Waals surface area contributed by atoms with Crippen LogP contribution in [0, 0.1) is 0 Å². The van der Waals surface area contributed by atoms with Crippen LogP contribution in [0.3, 0.4) is 0 Å². The highest BCUT2D eigenvalue weighted by Gasteiger charge is 2.11. The third-order valence-electron chi connectivity index (χ3n) is 1.60. The van der Waals surface area contributed by atoms with Gasteiger partial charge in [0.25, 0.3) is 0 Å². The van der Waals surface area contributed by atoms with Gasteiger partial charge >= 0.3 is 0 Å². The molecule has 2 N–H and O–H groups in total. The van der Waals surface area contributed by atoms with Crippen LogP contribution >= 0.6 is 43.2 Å². The minimum absolute atomic E-state index is 0.0742. The van der Waals surface area contributed by atoms with Gasteiger partial charge in [-0.05, 0) is 51.3 Å². The van der Waals surface area contributed by atoms with Gasteiger partial charge in [0.1, 0.15) is 0 Å². The van der Waals surface area contributed by atoms with Crippen LogP contribution in [0.1, 0.15) is 24.3 Å². The molecule has 1 nitrogen and oxygen atoms in total. The lowest BCUT2D eigenvalue weighted by Gasteiger charge is -2.07. The van der Waals surface area contributed by atoms with Crippen LogP contribution in [0.5, 0.6) is 0 Å². The van der Waals surface area contributed by atoms with E-state index in [1.165, 1.54) is 4.88 Å². The van der Waals surface area contributed by atoms with E-state index >= 15 is 0 Å². The average Bonchev–Trinajstić information content (AvgIpc) is 2.31. The van der Waals surface area contributed by atoms with Crippen molar-refractivity contribution in [2.24, 2.45) is 5.73 Å². The molecule has 0 radical (unpaired) electrons. The van der Waals surface area contributed by atoms with Gasteiger partial charge in [-0.15, -0.1) is 17.9 Å². The van der Waals surface area contributed by atoms with Gasteiger partial charge in [0, 0.05) is 15.4 Å². The molecule has 1 unspecified atom stereocenters. The van der Waals surface area contributed by atoms with Crippen molar-refractivity contribution in [2.45, 2.75) is 19.4 Å². The molecule has 0 aromatic carbocycles. The lowest BCUT2D eigenvalue weighted by atomic mass is 10.1. The molecular weight excluding hydrogens is 314 g/mol. The molecule has 0 fully saturated rings. The Balaban J connectivity index is 2.77. The van der Waals surface area contributed by atoms with Crippen molar-refractivity contribution >= 4 is 43.2 Å². The number of hydrogen-bond donors (Lipinski definition) is 1. The minimum atomic E-state index is 0.0742. The second-order valence-electron chi connectivity index (χ2n) is 3.04. The second kappa shape index (κ2) is 4.73. The quantitative estimate of drug-likeness (QED) is 0.827.